The molecule has 0 aliphatic rings. The molecule has 0 bridgehead atoms. The summed E-state index contributed by atoms with van der Waals surface area (Å²) in [6.07, 6.45) is 3.05. The summed E-state index contributed by atoms with van der Waals surface area (Å²) in [6.45, 7) is 6.78. The number of methoxy groups -OCH3 is 3. The number of halogens is 1. The molecule has 7 heteroatoms. The molecule has 1 N–H and O–H groups in total. The van der Waals surface area contributed by atoms with E-state index in [9.17, 15) is 0 Å². The van der Waals surface area contributed by atoms with E-state index in [1.807, 2.05) is 12.1 Å². The maximum atomic E-state index is 5.50. The third-order valence-electron chi connectivity index (χ3n) is 3.98. The Hall–Kier alpha value is -1.38. The van der Waals surface area contributed by atoms with Crippen LogP contribution in [0.4, 0.5) is 0 Å². The molecule has 0 saturated heterocycles. The van der Waals surface area contributed by atoms with Gasteiger partial charge in [0.2, 0.25) is 0 Å². The summed E-state index contributed by atoms with van der Waals surface area (Å²) in [4.78, 5) is 6.92. The SMILES string of the molecule is CCCCN(C)C(=NCCc1c(OC)cc(OC)cc1OC)NCC.I. The first kappa shape index (κ1) is 24.6. The molecule has 26 heavy (non-hydrogen) atoms. The van der Waals surface area contributed by atoms with Gasteiger partial charge in [-0.25, -0.2) is 0 Å². The average molecular weight is 479 g/mol. The highest BCUT2D eigenvalue weighted by Gasteiger charge is 2.13. The second-order valence-electron chi connectivity index (χ2n) is 5.77. The molecule has 0 amide bonds. The highest BCUT2D eigenvalue weighted by molar-refractivity contribution is 14.0. The zero-order valence-electron chi connectivity index (χ0n) is 16.9. The van der Waals surface area contributed by atoms with Crippen molar-refractivity contribution in [3.05, 3.63) is 17.7 Å². The van der Waals surface area contributed by atoms with E-state index >= 15 is 0 Å². The van der Waals surface area contributed by atoms with E-state index < -0.39 is 0 Å². The van der Waals surface area contributed by atoms with Crippen molar-refractivity contribution in [2.24, 2.45) is 4.99 Å². The fraction of sp³-hybridized carbons (Fsp3) is 0.632. The van der Waals surface area contributed by atoms with Gasteiger partial charge in [0.15, 0.2) is 5.96 Å². The number of unbranched alkanes of at least 4 members (excludes halogenated alkanes) is 1. The molecule has 0 heterocycles. The van der Waals surface area contributed by atoms with Crippen LogP contribution in [-0.4, -0.2) is 58.9 Å². The minimum atomic E-state index is 0. The lowest BCUT2D eigenvalue weighted by molar-refractivity contribution is 0.369. The predicted octanol–water partition coefficient (Wildman–Crippen LogP) is 3.57. The van der Waals surface area contributed by atoms with Gasteiger partial charge in [0.05, 0.1) is 21.3 Å². The Balaban J connectivity index is 0.00000625. The summed E-state index contributed by atoms with van der Waals surface area (Å²) >= 11 is 0. The molecule has 0 fully saturated rings. The van der Waals surface area contributed by atoms with Crippen LogP contribution in [-0.2, 0) is 6.42 Å². The summed E-state index contributed by atoms with van der Waals surface area (Å²) in [5, 5.41) is 3.35. The molecule has 0 radical (unpaired) electrons. The average Bonchev–Trinajstić information content (AvgIpc) is 2.64. The molecule has 0 aliphatic carbocycles. The highest BCUT2D eigenvalue weighted by atomic mass is 127. The topological polar surface area (TPSA) is 55.3 Å². The lowest BCUT2D eigenvalue weighted by Crippen LogP contribution is -2.39. The zero-order valence-corrected chi connectivity index (χ0v) is 19.3. The fourth-order valence-electron chi connectivity index (χ4n) is 2.57. The second kappa shape index (κ2) is 13.8. The first-order valence-electron chi connectivity index (χ1n) is 8.89. The second-order valence-corrected chi connectivity index (χ2v) is 5.77. The lowest BCUT2D eigenvalue weighted by Gasteiger charge is -2.22. The van der Waals surface area contributed by atoms with E-state index in [2.05, 4.69) is 31.1 Å². The maximum absolute atomic E-state index is 5.50. The van der Waals surface area contributed by atoms with Gasteiger partial charge in [-0.3, -0.25) is 4.99 Å². The number of hydrogen-bond acceptors (Lipinski definition) is 4. The molecular weight excluding hydrogens is 445 g/mol. The first-order valence-corrected chi connectivity index (χ1v) is 8.89. The number of nitrogens with zero attached hydrogens (tertiary/aromatic N) is 2. The first-order chi connectivity index (χ1) is 12.1. The van der Waals surface area contributed by atoms with Gasteiger partial charge < -0.3 is 24.4 Å². The highest BCUT2D eigenvalue weighted by Crippen LogP contribution is 2.34. The largest absolute Gasteiger partial charge is 0.496 e. The third kappa shape index (κ3) is 7.47. The molecule has 1 aromatic carbocycles. The van der Waals surface area contributed by atoms with Gasteiger partial charge >= 0.3 is 0 Å². The molecule has 0 aliphatic heterocycles. The van der Waals surface area contributed by atoms with Crippen molar-refractivity contribution in [2.45, 2.75) is 33.1 Å². The minimum absolute atomic E-state index is 0. The smallest absolute Gasteiger partial charge is 0.193 e. The number of rotatable bonds is 10. The Morgan fingerprint density at radius 3 is 2.15 bits per heavy atom. The molecule has 150 valence electrons. The van der Waals surface area contributed by atoms with Gasteiger partial charge in [0.25, 0.3) is 0 Å². The van der Waals surface area contributed by atoms with Crippen LogP contribution in [0.5, 0.6) is 17.2 Å². The molecule has 0 spiro atoms. The monoisotopic (exact) mass is 479 g/mol. The van der Waals surface area contributed by atoms with Gasteiger partial charge in [0.1, 0.15) is 17.2 Å². The Morgan fingerprint density at radius 1 is 1.08 bits per heavy atom. The van der Waals surface area contributed by atoms with Crippen molar-refractivity contribution in [1.29, 1.82) is 0 Å². The number of aliphatic imine (C=N–C) groups is 1. The summed E-state index contributed by atoms with van der Waals surface area (Å²) in [5.74, 6) is 3.17. The van der Waals surface area contributed by atoms with Crippen molar-refractivity contribution < 1.29 is 14.2 Å². The standard InChI is InChI=1S/C19H33N3O3.HI/c1-7-9-12-22(3)19(20-8-2)21-11-10-16-17(24-5)13-15(23-4)14-18(16)25-6;/h13-14H,7-12H2,1-6H3,(H,20,21);1H. The number of nitrogens with one attached hydrogen (secondary N) is 1. The zero-order chi connectivity index (χ0) is 18.7. The molecule has 6 nitrogen and oxygen atoms in total. The van der Waals surface area contributed by atoms with Crippen molar-refractivity contribution in [1.82, 2.24) is 10.2 Å². The van der Waals surface area contributed by atoms with Crippen molar-refractivity contribution in [3.8, 4) is 17.2 Å². The van der Waals surface area contributed by atoms with Crippen LogP contribution in [0.25, 0.3) is 0 Å². The van der Waals surface area contributed by atoms with E-state index in [0.717, 1.165) is 49.0 Å². The molecule has 1 aromatic rings. The van der Waals surface area contributed by atoms with Crippen LogP contribution in [0.2, 0.25) is 0 Å². The van der Waals surface area contributed by atoms with Crippen molar-refractivity contribution in [3.63, 3.8) is 0 Å². The maximum Gasteiger partial charge on any atom is 0.193 e. The van der Waals surface area contributed by atoms with Crippen molar-refractivity contribution in [2.75, 3.05) is 48.0 Å². The van der Waals surface area contributed by atoms with Crippen LogP contribution >= 0.6 is 24.0 Å². The third-order valence-corrected chi connectivity index (χ3v) is 3.98. The molecule has 1 rings (SSSR count). The van der Waals surface area contributed by atoms with Gasteiger partial charge in [-0.1, -0.05) is 13.3 Å². The minimum Gasteiger partial charge on any atom is -0.496 e. The van der Waals surface area contributed by atoms with Crippen LogP contribution in [0.15, 0.2) is 17.1 Å². The van der Waals surface area contributed by atoms with E-state index in [0.29, 0.717) is 12.3 Å². The summed E-state index contributed by atoms with van der Waals surface area (Å²) in [5.41, 5.74) is 1.00. The predicted molar refractivity (Wildman–Crippen MR) is 119 cm³/mol. The number of hydrogen-bond donors (Lipinski definition) is 1. The quantitative estimate of drug-likeness (QED) is 0.316. The lowest BCUT2D eigenvalue weighted by atomic mass is 10.1. The van der Waals surface area contributed by atoms with Gasteiger partial charge in [-0.15, -0.1) is 24.0 Å². The van der Waals surface area contributed by atoms with Gasteiger partial charge in [0, 0.05) is 44.4 Å². The van der Waals surface area contributed by atoms with Crippen LogP contribution in [0.3, 0.4) is 0 Å². The van der Waals surface area contributed by atoms with Gasteiger partial charge in [-0.2, -0.15) is 0 Å². The van der Waals surface area contributed by atoms with E-state index in [-0.39, 0.29) is 24.0 Å². The number of guanidine groups is 1. The normalized spacial score (nSPS) is 10.8. The summed E-state index contributed by atoms with van der Waals surface area (Å²) in [6, 6.07) is 3.75. The van der Waals surface area contributed by atoms with E-state index in [1.165, 1.54) is 6.42 Å². The molecule has 0 atom stereocenters. The molecular formula is C19H34IN3O3. The Labute approximate surface area is 175 Å². The number of ether oxygens (including phenoxy) is 3. The Kier molecular flexibility index (Phi) is 13.0. The van der Waals surface area contributed by atoms with E-state index in [4.69, 9.17) is 19.2 Å². The van der Waals surface area contributed by atoms with Crippen LogP contribution in [0.1, 0.15) is 32.3 Å². The summed E-state index contributed by atoms with van der Waals surface area (Å²) in [7, 11) is 7.02. The molecule has 0 aromatic heterocycles. The molecule has 0 saturated carbocycles. The van der Waals surface area contributed by atoms with Crippen LogP contribution < -0.4 is 19.5 Å². The Bertz CT molecular complexity index is 528. The Morgan fingerprint density at radius 2 is 1.69 bits per heavy atom. The van der Waals surface area contributed by atoms with Crippen LogP contribution in [0, 0.1) is 0 Å². The fourth-order valence-corrected chi connectivity index (χ4v) is 2.57. The van der Waals surface area contributed by atoms with E-state index in [1.54, 1.807) is 21.3 Å². The number of benzene rings is 1. The van der Waals surface area contributed by atoms with Crippen molar-refractivity contribution >= 4 is 29.9 Å². The van der Waals surface area contributed by atoms with Gasteiger partial charge in [-0.05, 0) is 19.8 Å². The molecule has 0 unspecified atom stereocenters. The summed E-state index contributed by atoms with van der Waals surface area (Å²) < 4.78 is 16.3.